The van der Waals surface area contributed by atoms with Gasteiger partial charge in [0.2, 0.25) is 0 Å². The van der Waals surface area contributed by atoms with Crippen LogP contribution >= 0.6 is 11.6 Å². The van der Waals surface area contributed by atoms with Crippen molar-refractivity contribution in [3.05, 3.63) is 41.3 Å². The first-order valence-electron chi connectivity index (χ1n) is 6.84. The number of aliphatic hydroxyl groups excluding tert-OH is 1. The molecule has 3 atom stereocenters. The summed E-state index contributed by atoms with van der Waals surface area (Å²) in [5, 5.41) is 11.1. The number of aromatic nitrogens is 2. The van der Waals surface area contributed by atoms with Crippen LogP contribution in [0.3, 0.4) is 0 Å². The van der Waals surface area contributed by atoms with Crippen LogP contribution in [0.2, 0.25) is 5.02 Å². The van der Waals surface area contributed by atoms with Gasteiger partial charge in [0.1, 0.15) is 0 Å². The largest absolute Gasteiger partial charge is 0.393 e. The lowest BCUT2D eigenvalue weighted by molar-refractivity contribution is -0.0481. The highest BCUT2D eigenvalue weighted by Gasteiger charge is 2.40. The van der Waals surface area contributed by atoms with Gasteiger partial charge in [-0.2, -0.15) is 0 Å². The van der Waals surface area contributed by atoms with Crippen LogP contribution in [0.15, 0.2) is 30.7 Å². The van der Waals surface area contributed by atoms with Crippen molar-refractivity contribution < 1.29 is 9.84 Å². The third kappa shape index (κ3) is 1.65. The summed E-state index contributed by atoms with van der Waals surface area (Å²) >= 11 is 6.42. The lowest BCUT2D eigenvalue weighted by Gasteiger charge is -2.33. The van der Waals surface area contributed by atoms with Crippen molar-refractivity contribution in [1.82, 2.24) is 9.55 Å². The number of nitrogens with zero attached hydrogens (tertiary/aromatic N) is 2. The first-order chi connectivity index (χ1) is 9.77. The van der Waals surface area contributed by atoms with Gasteiger partial charge in [0, 0.05) is 28.7 Å². The van der Waals surface area contributed by atoms with Gasteiger partial charge in [-0.3, -0.25) is 0 Å². The molecular formula is C15H15ClN2O2. The summed E-state index contributed by atoms with van der Waals surface area (Å²) in [6.45, 7) is 1.17. The first-order valence-corrected chi connectivity index (χ1v) is 7.21. The average Bonchev–Trinajstić information content (AvgIpc) is 3.01. The van der Waals surface area contributed by atoms with Crippen LogP contribution in [0.1, 0.15) is 18.0 Å². The van der Waals surface area contributed by atoms with Crippen molar-refractivity contribution in [2.75, 3.05) is 13.2 Å². The fourth-order valence-electron chi connectivity index (χ4n) is 3.41. The van der Waals surface area contributed by atoms with E-state index in [1.807, 2.05) is 24.7 Å². The van der Waals surface area contributed by atoms with Gasteiger partial charge < -0.3 is 14.4 Å². The Balaban J connectivity index is 1.88. The van der Waals surface area contributed by atoms with Crippen molar-refractivity contribution in [3.8, 4) is 11.3 Å². The Bertz CT molecular complexity index is 655. The number of aliphatic hydroxyl groups is 1. The van der Waals surface area contributed by atoms with E-state index < -0.39 is 0 Å². The molecule has 0 amide bonds. The molecule has 20 heavy (non-hydrogen) atoms. The van der Waals surface area contributed by atoms with E-state index >= 15 is 0 Å². The Morgan fingerprint density at radius 1 is 1.40 bits per heavy atom. The van der Waals surface area contributed by atoms with Crippen molar-refractivity contribution in [1.29, 1.82) is 0 Å². The predicted octanol–water partition coefficient (Wildman–Crippen LogP) is 2.50. The zero-order valence-electron chi connectivity index (χ0n) is 10.9. The molecule has 0 saturated carbocycles. The molecule has 1 saturated heterocycles. The summed E-state index contributed by atoms with van der Waals surface area (Å²) in [6, 6.07) is 5.93. The van der Waals surface area contributed by atoms with Crippen LogP contribution in [0.4, 0.5) is 0 Å². The SMILES string of the molecule is O[C@H]1CCOC[C@@H]1[C@@H]1c2c(Cl)cccc2-c2cncn21. The number of benzene rings is 1. The lowest BCUT2D eigenvalue weighted by atomic mass is 9.86. The van der Waals surface area contributed by atoms with Crippen molar-refractivity contribution in [2.24, 2.45) is 5.92 Å². The van der Waals surface area contributed by atoms with Crippen molar-refractivity contribution >= 4 is 11.6 Å². The molecule has 0 spiro atoms. The number of rotatable bonds is 1. The van der Waals surface area contributed by atoms with Crippen LogP contribution in [0.25, 0.3) is 11.3 Å². The third-order valence-electron chi connectivity index (χ3n) is 4.36. The Labute approximate surface area is 122 Å². The molecule has 5 heteroatoms. The molecule has 0 bridgehead atoms. The van der Waals surface area contributed by atoms with Gasteiger partial charge in [0.15, 0.2) is 0 Å². The first kappa shape index (κ1) is 12.4. The number of hydrogen-bond acceptors (Lipinski definition) is 3. The summed E-state index contributed by atoms with van der Waals surface area (Å²) < 4.78 is 7.68. The monoisotopic (exact) mass is 290 g/mol. The average molecular weight is 291 g/mol. The molecule has 4 rings (SSSR count). The molecular weight excluding hydrogens is 276 g/mol. The van der Waals surface area contributed by atoms with Gasteiger partial charge in [-0.1, -0.05) is 23.7 Å². The van der Waals surface area contributed by atoms with Crippen molar-refractivity contribution in [2.45, 2.75) is 18.6 Å². The van der Waals surface area contributed by atoms with E-state index in [9.17, 15) is 5.11 Å². The maximum atomic E-state index is 10.4. The van der Waals surface area contributed by atoms with Crippen molar-refractivity contribution in [3.63, 3.8) is 0 Å². The maximum absolute atomic E-state index is 10.4. The molecule has 1 aromatic carbocycles. The van der Waals surface area contributed by atoms with E-state index in [4.69, 9.17) is 16.3 Å². The van der Waals surface area contributed by atoms with Gasteiger partial charge in [-0.15, -0.1) is 0 Å². The molecule has 0 aliphatic carbocycles. The van der Waals surface area contributed by atoms with Crippen LogP contribution in [-0.2, 0) is 4.74 Å². The Kier molecular flexibility index (Phi) is 2.84. The molecule has 0 unspecified atom stereocenters. The summed E-state index contributed by atoms with van der Waals surface area (Å²) in [5.74, 6) is 0.0119. The molecule has 1 fully saturated rings. The van der Waals surface area contributed by atoms with Crippen LogP contribution in [-0.4, -0.2) is 34.0 Å². The van der Waals surface area contributed by atoms with E-state index in [-0.39, 0.29) is 18.1 Å². The van der Waals surface area contributed by atoms with Crippen LogP contribution in [0, 0.1) is 5.92 Å². The smallest absolute Gasteiger partial charge is 0.0956 e. The van der Waals surface area contributed by atoms with E-state index in [0.29, 0.717) is 19.6 Å². The highest BCUT2D eigenvalue weighted by atomic mass is 35.5. The van der Waals surface area contributed by atoms with Gasteiger partial charge >= 0.3 is 0 Å². The summed E-state index contributed by atoms with van der Waals surface area (Å²) in [5.41, 5.74) is 3.25. The van der Waals surface area contributed by atoms with E-state index in [1.165, 1.54) is 0 Å². The molecule has 0 radical (unpaired) electrons. The minimum Gasteiger partial charge on any atom is -0.393 e. The summed E-state index contributed by atoms with van der Waals surface area (Å²) in [7, 11) is 0. The van der Waals surface area contributed by atoms with Gasteiger partial charge in [0.25, 0.3) is 0 Å². The number of fused-ring (bicyclic) bond motifs is 3. The summed E-state index contributed by atoms with van der Waals surface area (Å²) in [6.07, 6.45) is 3.97. The van der Waals surface area contributed by atoms with E-state index in [1.54, 1.807) is 0 Å². The molecule has 3 heterocycles. The van der Waals surface area contributed by atoms with E-state index in [0.717, 1.165) is 21.8 Å². The fraction of sp³-hybridized carbons (Fsp3) is 0.400. The molecule has 1 aromatic heterocycles. The highest BCUT2D eigenvalue weighted by molar-refractivity contribution is 6.32. The number of imidazole rings is 1. The third-order valence-corrected chi connectivity index (χ3v) is 4.69. The minimum absolute atomic E-state index is 0.00602. The van der Waals surface area contributed by atoms with Crippen LogP contribution in [0.5, 0.6) is 0 Å². The molecule has 2 aromatic rings. The predicted molar refractivity (Wildman–Crippen MR) is 75.7 cm³/mol. The number of halogens is 1. The zero-order valence-corrected chi connectivity index (χ0v) is 11.6. The second kappa shape index (κ2) is 4.58. The lowest BCUT2D eigenvalue weighted by Crippen LogP contribution is -2.37. The molecule has 4 nitrogen and oxygen atoms in total. The normalized spacial score (nSPS) is 28.2. The molecule has 104 valence electrons. The fourth-order valence-corrected chi connectivity index (χ4v) is 3.69. The quantitative estimate of drug-likeness (QED) is 0.878. The molecule has 2 aliphatic rings. The standard InChI is InChI=1S/C15H15ClN2O2/c16-11-3-1-2-9-12-6-17-8-18(12)15(14(9)11)10-7-20-5-4-13(10)19/h1-3,6,8,10,13,15,19H,4-5,7H2/t10-,13-,15+/m0/s1. The molecule has 2 aliphatic heterocycles. The minimum atomic E-state index is -0.369. The number of hydrogen-bond donors (Lipinski definition) is 1. The van der Waals surface area contributed by atoms with Gasteiger partial charge in [-0.25, -0.2) is 4.98 Å². The Morgan fingerprint density at radius 3 is 3.15 bits per heavy atom. The number of ether oxygens (including phenoxy) is 1. The zero-order chi connectivity index (χ0) is 13.7. The van der Waals surface area contributed by atoms with Gasteiger partial charge in [-0.05, 0) is 12.5 Å². The van der Waals surface area contributed by atoms with Crippen LogP contribution < -0.4 is 0 Å². The molecule has 1 N–H and O–H groups in total. The Morgan fingerprint density at radius 2 is 2.30 bits per heavy atom. The summed E-state index contributed by atoms with van der Waals surface area (Å²) in [4.78, 5) is 4.24. The Hall–Kier alpha value is -1.36. The topological polar surface area (TPSA) is 47.3 Å². The maximum Gasteiger partial charge on any atom is 0.0956 e. The second-order valence-electron chi connectivity index (χ2n) is 5.43. The highest BCUT2D eigenvalue weighted by Crippen LogP contribution is 2.47. The van der Waals surface area contributed by atoms with Gasteiger partial charge in [0.05, 0.1) is 37.0 Å². The van der Waals surface area contributed by atoms with E-state index in [2.05, 4.69) is 15.6 Å². The second-order valence-corrected chi connectivity index (χ2v) is 5.83.